The number of rotatable bonds is 7. The van der Waals surface area contributed by atoms with Crippen LogP contribution in [0.15, 0.2) is 42.5 Å². The van der Waals surface area contributed by atoms with Crippen molar-refractivity contribution in [1.82, 2.24) is 4.90 Å². The number of nitrogens with zero attached hydrogens (tertiary/aromatic N) is 1. The van der Waals surface area contributed by atoms with Crippen LogP contribution in [0.2, 0.25) is 0 Å². The zero-order valence-corrected chi connectivity index (χ0v) is 12.4. The molecule has 1 rings (SSSR count). The Kier molecular flexibility index (Phi) is 8.92. The van der Waals surface area contributed by atoms with Crippen LogP contribution in [0, 0.1) is 0 Å². The molecule has 0 fully saturated rings. The smallest absolute Gasteiger partial charge is 0.333 e. The lowest BCUT2D eigenvalue weighted by atomic mass is 10.1. The van der Waals surface area contributed by atoms with Gasteiger partial charge in [0.05, 0.1) is 0 Å². The minimum atomic E-state index is -0.294. The van der Waals surface area contributed by atoms with Gasteiger partial charge in [-0.2, -0.15) is 0 Å². The summed E-state index contributed by atoms with van der Waals surface area (Å²) in [6.45, 7) is 5.03. The molecule has 0 aliphatic rings. The number of hydrogen-bond donors (Lipinski definition) is 0. The second kappa shape index (κ2) is 9.59. The van der Waals surface area contributed by atoms with Crippen molar-refractivity contribution in [2.45, 2.75) is 19.4 Å². The summed E-state index contributed by atoms with van der Waals surface area (Å²) in [6, 6.07) is 9.65. The molecule has 0 saturated heterocycles. The van der Waals surface area contributed by atoms with Crippen LogP contribution in [0.25, 0.3) is 0 Å². The van der Waals surface area contributed by atoms with Gasteiger partial charge in [-0.1, -0.05) is 36.9 Å². The van der Waals surface area contributed by atoms with Crippen molar-refractivity contribution < 1.29 is 9.53 Å². The van der Waals surface area contributed by atoms with E-state index in [1.54, 1.807) is 0 Å². The van der Waals surface area contributed by atoms with E-state index >= 15 is 0 Å². The van der Waals surface area contributed by atoms with E-state index in [2.05, 4.69) is 11.5 Å². The van der Waals surface area contributed by atoms with Gasteiger partial charge in [0.15, 0.2) is 0 Å². The average molecular weight is 284 g/mol. The number of hydrogen-bond acceptors (Lipinski definition) is 3. The first-order valence-electron chi connectivity index (χ1n) is 6.13. The summed E-state index contributed by atoms with van der Waals surface area (Å²) < 4.78 is 5.20. The van der Waals surface area contributed by atoms with Crippen molar-refractivity contribution in [3.05, 3.63) is 48.0 Å². The molecule has 4 heteroatoms. The highest BCUT2D eigenvalue weighted by Crippen LogP contribution is 2.08. The molecule has 0 aliphatic heterocycles. The third kappa shape index (κ3) is 7.65. The van der Waals surface area contributed by atoms with Crippen LogP contribution in [-0.4, -0.2) is 31.5 Å². The molecule has 0 unspecified atom stereocenters. The molecular weight excluding hydrogens is 262 g/mol. The molecule has 19 heavy (non-hydrogen) atoms. The lowest BCUT2D eigenvalue weighted by molar-refractivity contribution is -0.140. The maximum absolute atomic E-state index is 11.7. The second-order valence-electron chi connectivity index (χ2n) is 4.57. The van der Waals surface area contributed by atoms with Gasteiger partial charge in [0.1, 0.15) is 6.61 Å². The van der Waals surface area contributed by atoms with Crippen LogP contribution in [0.4, 0.5) is 0 Å². The minimum absolute atomic E-state index is 0. The Morgan fingerprint density at radius 2 is 1.89 bits per heavy atom. The highest BCUT2D eigenvalue weighted by molar-refractivity contribution is 5.87. The maximum Gasteiger partial charge on any atom is 0.333 e. The van der Waals surface area contributed by atoms with E-state index in [1.165, 1.54) is 0 Å². The molecule has 0 amide bonds. The van der Waals surface area contributed by atoms with Crippen LogP contribution >= 0.6 is 12.4 Å². The van der Waals surface area contributed by atoms with Crippen molar-refractivity contribution in [2.24, 2.45) is 0 Å². The van der Waals surface area contributed by atoms with Gasteiger partial charge in [-0.3, -0.25) is 0 Å². The Hall–Kier alpha value is -1.32. The molecule has 0 radical (unpaired) electrons. The third-order valence-corrected chi connectivity index (χ3v) is 2.59. The first-order chi connectivity index (χ1) is 8.59. The highest BCUT2D eigenvalue weighted by Gasteiger charge is 2.08. The molecule has 106 valence electrons. The minimum Gasteiger partial charge on any atom is -0.457 e. The normalized spacial score (nSPS) is 9.84. The summed E-state index contributed by atoms with van der Waals surface area (Å²) in [5.41, 5.74) is 1.54. The molecule has 3 nitrogen and oxygen atoms in total. The Morgan fingerprint density at radius 3 is 2.47 bits per heavy atom. The number of carbonyl (C=O) groups excluding carboxylic acids is 1. The van der Waals surface area contributed by atoms with E-state index in [-0.39, 0.29) is 18.4 Å². The molecule has 0 atom stereocenters. The number of halogens is 1. The fraction of sp³-hybridized carbons (Fsp3) is 0.400. The maximum atomic E-state index is 11.7. The monoisotopic (exact) mass is 283 g/mol. The van der Waals surface area contributed by atoms with Gasteiger partial charge >= 0.3 is 5.97 Å². The standard InChI is InChI=1S/C15H21NO2.ClH/c1-13(8-7-11-16(2)3)15(17)18-12-14-9-5-4-6-10-14;/h4-6,9-10H,1,7-8,11-12H2,2-3H3;1H. The van der Waals surface area contributed by atoms with Crippen LogP contribution < -0.4 is 0 Å². The van der Waals surface area contributed by atoms with Crippen LogP contribution in [0.5, 0.6) is 0 Å². The van der Waals surface area contributed by atoms with E-state index in [0.717, 1.165) is 18.5 Å². The summed E-state index contributed by atoms with van der Waals surface area (Å²) in [4.78, 5) is 13.7. The molecule has 0 heterocycles. The summed E-state index contributed by atoms with van der Waals surface area (Å²) in [6.07, 6.45) is 1.61. The quantitative estimate of drug-likeness (QED) is 0.569. The summed E-state index contributed by atoms with van der Waals surface area (Å²) >= 11 is 0. The van der Waals surface area contributed by atoms with Crippen molar-refractivity contribution >= 4 is 18.4 Å². The molecular formula is C15H22ClNO2. The lowest BCUT2D eigenvalue weighted by Crippen LogP contribution is -2.14. The highest BCUT2D eigenvalue weighted by atomic mass is 35.5. The van der Waals surface area contributed by atoms with E-state index < -0.39 is 0 Å². The van der Waals surface area contributed by atoms with Gasteiger partial charge in [0.2, 0.25) is 0 Å². The first-order valence-corrected chi connectivity index (χ1v) is 6.13. The number of ether oxygens (including phenoxy) is 1. The average Bonchev–Trinajstić information content (AvgIpc) is 2.36. The second-order valence-corrected chi connectivity index (χ2v) is 4.57. The summed E-state index contributed by atoms with van der Waals surface area (Å²) in [5.74, 6) is -0.294. The zero-order chi connectivity index (χ0) is 13.4. The van der Waals surface area contributed by atoms with Crippen LogP contribution in [0.3, 0.4) is 0 Å². The SMILES string of the molecule is C=C(CCCN(C)C)C(=O)OCc1ccccc1.Cl. The third-order valence-electron chi connectivity index (χ3n) is 2.59. The van der Waals surface area contributed by atoms with E-state index in [0.29, 0.717) is 18.6 Å². The first kappa shape index (κ1) is 17.7. The largest absolute Gasteiger partial charge is 0.457 e. The number of esters is 1. The van der Waals surface area contributed by atoms with Gasteiger partial charge in [-0.05, 0) is 39.0 Å². The summed E-state index contributed by atoms with van der Waals surface area (Å²) in [5, 5.41) is 0. The number of benzene rings is 1. The molecule has 1 aromatic carbocycles. The Morgan fingerprint density at radius 1 is 1.26 bits per heavy atom. The molecule has 0 aromatic heterocycles. The van der Waals surface area contributed by atoms with Gasteiger partial charge in [-0.15, -0.1) is 12.4 Å². The fourth-order valence-corrected chi connectivity index (χ4v) is 1.54. The van der Waals surface area contributed by atoms with Crippen molar-refractivity contribution in [1.29, 1.82) is 0 Å². The Balaban J connectivity index is 0.00000324. The van der Waals surface area contributed by atoms with Crippen molar-refractivity contribution in [2.75, 3.05) is 20.6 Å². The van der Waals surface area contributed by atoms with Gasteiger partial charge in [0.25, 0.3) is 0 Å². The fourth-order valence-electron chi connectivity index (χ4n) is 1.54. The Labute approximate surface area is 121 Å². The molecule has 0 N–H and O–H groups in total. The molecule has 0 aliphatic carbocycles. The topological polar surface area (TPSA) is 29.5 Å². The van der Waals surface area contributed by atoms with E-state index in [9.17, 15) is 4.79 Å². The van der Waals surface area contributed by atoms with Gasteiger partial charge in [-0.25, -0.2) is 4.79 Å². The van der Waals surface area contributed by atoms with E-state index in [1.807, 2.05) is 44.4 Å². The lowest BCUT2D eigenvalue weighted by Gasteiger charge is -2.10. The number of carbonyl (C=O) groups is 1. The van der Waals surface area contributed by atoms with Crippen molar-refractivity contribution in [3.63, 3.8) is 0 Å². The van der Waals surface area contributed by atoms with Gasteiger partial charge in [0, 0.05) is 5.57 Å². The van der Waals surface area contributed by atoms with Gasteiger partial charge < -0.3 is 9.64 Å². The molecule has 1 aromatic rings. The predicted molar refractivity (Wildman–Crippen MR) is 80.4 cm³/mol. The zero-order valence-electron chi connectivity index (χ0n) is 11.6. The van der Waals surface area contributed by atoms with Crippen molar-refractivity contribution in [3.8, 4) is 0 Å². The molecule has 0 spiro atoms. The van der Waals surface area contributed by atoms with E-state index in [4.69, 9.17) is 4.74 Å². The summed E-state index contributed by atoms with van der Waals surface area (Å²) in [7, 11) is 4.02. The molecule has 0 bridgehead atoms. The predicted octanol–water partition coefficient (Wildman–Crippen LogP) is 3.05. The Bertz CT molecular complexity index is 390. The van der Waals surface area contributed by atoms with Crippen LogP contribution in [0.1, 0.15) is 18.4 Å². The molecule has 0 saturated carbocycles. The van der Waals surface area contributed by atoms with Crippen LogP contribution in [-0.2, 0) is 16.1 Å².